The van der Waals surface area contributed by atoms with E-state index in [1.165, 1.54) is 6.07 Å². The first kappa shape index (κ1) is 15.2. The number of carbonyl (C=O) groups excluding carboxylic acids is 1. The van der Waals surface area contributed by atoms with Gasteiger partial charge in [0.1, 0.15) is 11.2 Å². The highest BCUT2D eigenvalue weighted by atomic mass is 16.4. The molecule has 0 radical (unpaired) electrons. The molecule has 2 aromatic carbocycles. The third-order valence-electron chi connectivity index (χ3n) is 4.18. The summed E-state index contributed by atoms with van der Waals surface area (Å²) in [5.41, 5.74) is 3.27. The van der Waals surface area contributed by atoms with E-state index in [9.17, 15) is 9.59 Å². The predicted molar refractivity (Wildman–Crippen MR) is 96.1 cm³/mol. The highest BCUT2D eigenvalue weighted by Gasteiger charge is 2.18. The van der Waals surface area contributed by atoms with Crippen LogP contribution in [0, 0.1) is 13.8 Å². The van der Waals surface area contributed by atoms with Gasteiger partial charge in [0.2, 0.25) is 0 Å². The van der Waals surface area contributed by atoms with Crippen LogP contribution in [0.1, 0.15) is 21.7 Å². The van der Waals surface area contributed by atoms with Crippen molar-refractivity contribution in [2.45, 2.75) is 13.8 Å². The fourth-order valence-electron chi connectivity index (χ4n) is 2.89. The summed E-state index contributed by atoms with van der Waals surface area (Å²) in [6.07, 6.45) is 0. The maximum Gasteiger partial charge on any atom is 0.336 e. The first-order valence-corrected chi connectivity index (χ1v) is 7.86. The molecule has 1 amide bonds. The highest BCUT2D eigenvalue weighted by molar-refractivity contribution is 6.07. The van der Waals surface area contributed by atoms with Gasteiger partial charge in [-0.05, 0) is 50.2 Å². The molecule has 4 rings (SSSR count). The standard InChI is InChI=1S/C20H15NO4/c1-11-3-6-17-15(9-11)12(2)19(25-17)20(23)21-14-5-7-16-13(10-14)4-8-18(22)24-16/h3-10H,1-2H3,(H,21,23). The smallest absolute Gasteiger partial charge is 0.336 e. The Morgan fingerprint density at radius 1 is 0.920 bits per heavy atom. The van der Waals surface area contributed by atoms with Crippen LogP contribution in [0.2, 0.25) is 0 Å². The number of benzene rings is 2. The van der Waals surface area contributed by atoms with Crippen LogP contribution in [0.15, 0.2) is 62.2 Å². The lowest BCUT2D eigenvalue weighted by Crippen LogP contribution is -2.12. The lowest BCUT2D eigenvalue weighted by Gasteiger charge is -2.05. The van der Waals surface area contributed by atoms with Crippen LogP contribution in [0.3, 0.4) is 0 Å². The number of rotatable bonds is 2. The Labute approximate surface area is 142 Å². The van der Waals surface area contributed by atoms with Gasteiger partial charge in [-0.3, -0.25) is 4.79 Å². The van der Waals surface area contributed by atoms with E-state index in [0.717, 1.165) is 21.9 Å². The summed E-state index contributed by atoms with van der Waals surface area (Å²) >= 11 is 0. The van der Waals surface area contributed by atoms with Crippen molar-refractivity contribution in [1.29, 1.82) is 0 Å². The minimum Gasteiger partial charge on any atom is -0.451 e. The number of carbonyl (C=O) groups is 1. The van der Waals surface area contributed by atoms with E-state index in [2.05, 4.69) is 5.32 Å². The average molecular weight is 333 g/mol. The first-order chi connectivity index (χ1) is 12.0. The Balaban J connectivity index is 1.69. The van der Waals surface area contributed by atoms with E-state index < -0.39 is 5.63 Å². The summed E-state index contributed by atoms with van der Waals surface area (Å²) in [5.74, 6) is -0.0247. The number of amides is 1. The van der Waals surface area contributed by atoms with Crippen molar-refractivity contribution in [2.24, 2.45) is 0 Å². The zero-order chi connectivity index (χ0) is 17.6. The van der Waals surface area contributed by atoms with Crippen molar-refractivity contribution in [1.82, 2.24) is 0 Å². The lowest BCUT2D eigenvalue weighted by atomic mass is 10.1. The fraction of sp³-hybridized carbons (Fsp3) is 0.100. The molecule has 0 aliphatic rings. The molecular weight excluding hydrogens is 318 g/mol. The molecule has 0 fully saturated rings. The lowest BCUT2D eigenvalue weighted by molar-refractivity contribution is 0.0998. The second kappa shape index (κ2) is 5.63. The Bertz CT molecular complexity index is 1180. The van der Waals surface area contributed by atoms with Gasteiger partial charge >= 0.3 is 5.63 Å². The van der Waals surface area contributed by atoms with Gasteiger partial charge in [0.15, 0.2) is 5.76 Å². The van der Waals surface area contributed by atoms with E-state index in [0.29, 0.717) is 22.6 Å². The molecule has 0 saturated heterocycles. The monoisotopic (exact) mass is 333 g/mol. The first-order valence-electron chi connectivity index (χ1n) is 7.86. The number of fused-ring (bicyclic) bond motifs is 2. The molecule has 0 saturated carbocycles. The van der Waals surface area contributed by atoms with Crippen molar-refractivity contribution in [3.05, 3.63) is 75.8 Å². The van der Waals surface area contributed by atoms with Gasteiger partial charge in [-0.15, -0.1) is 0 Å². The zero-order valence-corrected chi connectivity index (χ0v) is 13.8. The molecule has 2 heterocycles. The van der Waals surface area contributed by atoms with Gasteiger partial charge in [-0.2, -0.15) is 0 Å². The van der Waals surface area contributed by atoms with Crippen molar-refractivity contribution in [3.63, 3.8) is 0 Å². The molecular formula is C20H15NO4. The molecule has 5 nitrogen and oxygen atoms in total. The van der Waals surface area contributed by atoms with Gasteiger partial charge in [0, 0.05) is 28.1 Å². The Kier molecular flexibility index (Phi) is 3.42. The molecule has 25 heavy (non-hydrogen) atoms. The summed E-state index contributed by atoms with van der Waals surface area (Å²) in [6.45, 7) is 3.87. The van der Waals surface area contributed by atoms with Crippen LogP contribution in [-0.2, 0) is 0 Å². The van der Waals surface area contributed by atoms with E-state index in [1.54, 1.807) is 24.3 Å². The Morgan fingerprint density at radius 2 is 1.72 bits per heavy atom. The fourth-order valence-corrected chi connectivity index (χ4v) is 2.89. The van der Waals surface area contributed by atoms with Crippen molar-refractivity contribution in [3.8, 4) is 0 Å². The molecule has 0 aliphatic heterocycles. The molecule has 1 N–H and O–H groups in total. The molecule has 4 aromatic rings. The van der Waals surface area contributed by atoms with Gasteiger partial charge in [-0.1, -0.05) is 11.6 Å². The number of furan rings is 1. The number of hydrogen-bond donors (Lipinski definition) is 1. The van der Waals surface area contributed by atoms with Gasteiger partial charge in [0.05, 0.1) is 0 Å². The molecule has 124 valence electrons. The SMILES string of the molecule is Cc1ccc2oc(C(=O)Nc3ccc4oc(=O)ccc4c3)c(C)c2c1. The minimum atomic E-state index is -0.405. The van der Waals surface area contributed by atoms with Crippen molar-refractivity contribution in [2.75, 3.05) is 5.32 Å². The molecule has 0 unspecified atom stereocenters. The van der Waals surface area contributed by atoms with Crippen LogP contribution in [0.4, 0.5) is 5.69 Å². The highest BCUT2D eigenvalue weighted by Crippen LogP contribution is 2.27. The quantitative estimate of drug-likeness (QED) is 0.552. The summed E-state index contributed by atoms with van der Waals surface area (Å²) < 4.78 is 10.8. The van der Waals surface area contributed by atoms with Gasteiger partial charge < -0.3 is 14.2 Å². The minimum absolute atomic E-state index is 0.292. The predicted octanol–water partition coefficient (Wildman–Crippen LogP) is 4.41. The number of anilines is 1. The van der Waals surface area contributed by atoms with Crippen LogP contribution < -0.4 is 10.9 Å². The van der Waals surface area contributed by atoms with E-state index >= 15 is 0 Å². The Hall–Kier alpha value is -3.34. The zero-order valence-electron chi connectivity index (χ0n) is 13.8. The van der Waals surface area contributed by atoms with Crippen molar-refractivity contribution < 1.29 is 13.6 Å². The van der Waals surface area contributed by atoms with Crippen molar-refractivity contribution >= 4 is 33.5 Å². The van der Waals surface area contributed by atoms with Gasteiger partial charge in [-0.25, -0.2) is 4.79 Å². The average Bonchev–Trinajstić information content (AvgIpc) is 2.91. The molecule has 0 atom stereocenters. The van der Waals surface area contributed by atoms with Crippen LogP contribution in [-0.4, -0.2) is 5.91 Å². The van der Waals surface area contributed by atoms with Crippen LogP contribution in [0.25, 0.3) is 21.9 Å². The maximum atomic E-state index is 12.6. The van der Waals surface area contributed by atoms with E-state index in [1.807, 2.05) is 32.0 Å². The summed E-state index contributed by atoms with van der Waals surface area (Å²) in [5, 5.41) is 4.50. The normalized spacial score (nSPS) is 11.1. The van der Waals surface area contributed by atoms with Gasteiger partial charge in [0.25, 0.3) is 5.91 Å². The third-order valence-corrected chi connectivity index (χ3v) is 4.18. The van der Waals surface area contributed by atoms with E-state index in [4.69, 9.17) is 8.83 Å². The molecule has 0 spiro atoms. The maximum absolute atomic E-state index is 12.6. The Morgan fingerprint density at radius 3 is 2.56 bits per heavy atom. The third kappa shape index (κ3) is 2.70. The molecule has 0 aliphatic carbocycles. The number of nitrogens with one attached hydrogen (secondary N) is 1. The number of aryl methyl sites for hydroxylation is 2. The second-order valence-electron chi connectivity index (χ2n) is 6.02. The summed E-state index contributed by atoms with van der Waals surface area (Å²) in [7, 11) is 0. The number of hydrogen-bond acceptors (Lipinski definition) is 4. The summed E-state index contributed by atoms with van der Waals surface area (Å²) in [6, 6.07) is 13.9. The molecule has 5 heteroatoms. The van der Waals surface area contributed by atoms with Crippen LogP contribution >= 0.6 is 0 Å². The largest absolute Gasteiger partial charge is 0.451 e. The second-order valence-corrected chi connectivity index (χ2v) is 6.02. The molecule has 0 bridgehead atoms. The van der Waals surface area contributed by atoms with Crippen LogP contribution in [0.5, 0.6) is 0 Å². The molecule has 2 aromatic heterocycles. The summed E-state index contributed by atoms with van der Waals surface area (Å²) in [4.78, 5) is 23.8. The topological polar surface area (TPSA) is 72.5 Å². The van der Waals surface area contributed by atoms with E-state index in [-0.39, 0.29) is 5.91 Å².